The summed E-state index contributed by atoms with van der Waals surface area (Å²) >= 11 is 3.24. The highest BCUT2D eigenvalue weighted by atomic mass is 79.9. The van der Waals surface area contributed by atoms with E-state index in [4.69, 9.17) is 0 Å². The Balaban J connectivity index is 2.26. The number of hydrogen-bond donors (Lipinski definition) is 0. The monoisotopic (exact) mass is 291 g/mol. The van der Waals surface area contributed by atoms with Crippen LogP contribution in [0.4, 0.5) is 4.39 Å². The first-order chi connectivity index (χ1) is 8.24. The Kier molecular flexibility index (Phi) is 2.40. The first-order valence-electron chi connectivity index (χ1n) is 5.01. The number of halogens is 2. The summed E-state index contributed by atoms with van der Waals surface area (Å²) in [5.74, 6) is -0.247. The Bertz CT molecular complexity index is 676. The largest absolute Gasteiger partial charge is 0.219 e. The van der Waals surface area contributed by atoms with Gasteiger partial charge in [0.15, 0.2) is 5.65 Å². The highest BCUT2D eigenvalue weighted by Gasteiger charge is 2.07. The molecule has 0 atom stereocenters. The topological polar surface area (TPSA) is 30.2 Å². The summed E-state index contributed by atoms with van der Waals surface area (Å²) in [4.78, 5) is 4.29. The lowest BCUT2D eigenvalue weighted by atomic mass is 10.1. The van der Waals surface area contributed by atoms with E-state index in [2.05, 4.69) is 26.0 Å². The minimum Gasteiger partial charge on any atom is -0.219 e. The zero-order valence-corrected chi connectivity index (χ0v) is 10.2. The fourth-order valence-corrected chi connectivity index (χ4v) is 2.07. The van der Waals surface area contributed by atoms with Crippen LogP contribution in [0.25, 0.3) is 16.8 Å². The Morgan fingerprint density at radius 1 is 1.12 bits per heavy atom. The molecule has 17 heavy (non-hydrogen) atoms. The van der Waals surface area contributed by atoms with Gasteiger partial charge in [-0.15, -0.1) is 5.10 Å². The average Bonchev–Trinajstić information content (AvgIpc) is 2.70. The smallest absolute Gasteiger partial charge is 0.218 e. The fourth-order valence-electron chi connectivity index (χ4n) is 1.73. The van der Waals surface area contributed by atoms with E-state index >= 15 is 0 Å². The highest BCUT2D eigenvalue weighted by molar-refractivity contribution is 9.10. The van der Waals surface area contributed by atoms with Crippen molar-refractivity contribution in [2.45, 2.75) is 0 Å². The minimum absolute atomic E-state index is 0.247. The molecule has 5 heteroatoms. The predicted molar refractivity (Wildman–Crippen MR) is 66.1 cm³/mol. The van der Waals surface area contributed by atoms with Gasteiger partial charge < -0.3 is 0 Å². The molecule has 84 valence electrons. The predicted octanol–water partition coefficient (Wildman–Crippen LogP) is 3.30. The summed E-state index contributed by atoms with van der Waals surface area (Å²) in [6.45, 7) is 0. The van der Waals surface area contributed by atoms with Crippen LogP contribution in [-0.4, -0.2) is 14.6 Å². The molecule has 0 bridgehead atoms. The van der Waals surface area contributed by atoms with Gasteiger partial charge in [-0.25, -0.2) is 13.9 Å². The van der Waals surface area contributed by atoms with Crippen LogP contribution < -0.4 is 0 Å². The Morgan fingerprint density at radius 3 is 2.65 bits per heavy atom. The lowest BCUT2D eigenvalue weighted by molar-refractivity contribution is 0.628. The second-order valence-corrected chi connectivity index (χ2v) is 4.29. The van der Waals surface area contributed by atoms with E-state index < -0.39 is 0 Å². The summed E-state index contributed by atoms with van der Waals surface area (Å²) in [7, 11) is 0. The molecule has 0 amide bonds. The van der Waals surface area contributed by atoms with Gasteiger partial charge in [-0.1, -0.05) is 12.1 Å². The van der Waals surface area contributed by atoms with Gasteiger partial charge in [0, 0.05) is 11.8 Å². The fraction of sp³-hybridized carbons (Fsp3) is 0. The summed E-state index contributed by atoms with van der Waals surface area (Å²) < 4.78 is 15.1. The highest BCUT2D eigenvalue weighted by Crippen LogP contribution is 2.24. The van der Waals surface area contributed by atoms with Crippen LogP contribution in [0.15, 0.2) is 47.3 Å². The second-order valence-electron chi connectivity index (χ2n) is 3.58. The van der Waals surface area contributed by atoms with Gasteiger partial charge in [-0.2, -0.15) is 0 Å². The summed E-state index contributed by atoms with van der Waals surface area (Å²) in [5.41, 5.74) is 2.58. The first-order valence-corrected chi connectivity index (χ1v) is 5.80. The molecule has 3 rings (SSSR count). The molecule has 0 saturated carbocycles. The molecule has 3 nitrogen and oxygen atoms in total. The van der Waals surface area contributed by atoms with Crippen LogP contribution >= 0.6 is 15.9 Å². The first kappa shape index (κ1) is 10.4. The number of rotatable bonds is 1. The molecule has 0 aliphatic rings. The maximum Gasteiger partial charge on any atom is 0.218 e. The molecule has 0 spiro atoms. The minimum atomic E-state index is -0.247. The number of hydrogen-bond acceptors (Lipinski definition) is 2. The Hall–Kier alpha value is -1.75. The van der Waals surface area contributed by atoms with Crippen molar-refractivity contribution in [2.75, 3.05) is 0 Å². The van der Waals surface area contributed by atoms with Crippen molar-refractivity contribution >= 4 is 21.6 Å². The molecular weight excluding hydrogens is 285 g/mol. The van der Waals surface area contributed by atoms with Crippen molar-refractivity contribution in [3.05, 3.63) is 53.1 Å². The molecule has 0 aliphatic carbocycles. The zero-order valence-electron chi connectivity index (χ0n) is 8.64. The van der Waals surface area contributed by atoms with Crippen LogP contribution in [-0.2, 0) is 0 Å². The SMILES string of the molecule is Fc1ccc(-c2cccn3nc(Br)nc23)cc1. The van der Waals surface area contributed by atoms with Crippen LogP contribution in [0.3, 0.4) is 0 Å². The van der Waals surface area contributed by atoms with Crippen molar-refractivity contribution in [1.82, 2.24) is 14.6 Å². The van der Waals surface area contributed by atoms with E-state index in [0.717, 1.165) is 16.8 Å². The number of benzene rings is 1. The number of fused-ring (bicyclic) bond motifs is 1. The zero-order chi connectivity index (χ0) is 11.8. The van der Waals surface area contributed by atoms with Gasteiger partial charge in [0.2, 0.25) is 4.73 Å². The second kappa shape index (κ2) is 3.92. The maximum atomic E-state index is 12.9. The third kappa shape index (κ3) is 1.82. The Labute approximate surface area is 105 Å². The number of pyridine rings is 1. The molecule has 0 N–H and O–H groups in total. The van der Waals surface area contributed by atoms with E-state index in [-0.39, 0.29) is 5.82 Å². The van der Waals surface area contributed by atoms with Gasteiger partial charge in [-0.3, -0.25) is 0 Å². The third-order valence-electron chi connectivity index (χ3n) is 2.49. The van der Waals surface area contributed by atoms with Crippen LogP contribution in [0, 0.1) is 5.82 Å². The number of aromatic nitrogens is 3. The number of nitrogens with zero attached hydrogens (tertiary/aromatic N) is 3. The van der Waals surface area contributed by atoms with Crippen LogP contribution in [0.5, 0.6) is 0 Å². The van der Waals surface area contributed by atoms with Crippen molar-refractivity contribution in [3.8, 4) is 11.1 Å². The van der Waals surface area contributed by atoms with Gasteiger partial charge >= 0.3 is 0 Å². The van der Waals surface area contributed by atoms with E-state index in [1.165, 1.54) is 12.1 Å². The summed E-state index contributed by atoms with van der Waals surface area (Å²) in [5, 5.41) is 4.17. The molecule has 0 fully saturated rings. The van der Waals surface area contributed by atoms with Crippen molar-refractivity contribution in [3.63, 3.8) is 0 Å². The molecule has 0 aliphatic heterocycles. The molecule has 0 radical (unpaired) electrons. The molecule has 2 heterocycles. The molecule has 0 unspecified atom stereocenters. The quantitative estimate of drug-likeness (QED) is 0.689. The molecule has 0 saturated heterocycles. The van der Waals surface area contributed by atoms with Crippen LogP contribution in [0.2, 0.25) is 0 Å². The summed E-state index contributed by atoms with van der Waals surface area (Å²) in [6.07, 6.45) is 1.82. The Morgan fingerprint density at radius 2 is 1.88 bits per heavy atom. The normalized spacial score (nSPS) is 10.9. The average molecular weight is 292 g/mol. The van der Waals surface area contributed by atoms with Gasteiger partial charge in [0.1, 0.15) is 5.82 Å². The van der Waals surface area contributed by atoms with E-state index in [1.807, 2.05) is 18.3 Å². The summed E-state index contributed by atoms with van der Waals surface area (Å²) in [6, 6.07) is 10.1. The van der Waals surface area contributed by atoms with Gasteiger partial charge in [0.05, 0.1) is 0 Å². The van der Waals surface area contributed by atoms with E-state index in [0.29, 0.717) is 4.73 Å². The lowest BCUT2D eigenvalue weighted by Gasteiger charge is -2.02. The standard InChI is InChI=1S/C12H7BrFN3/c13-12-15-11-10(2-1-7-17(11)16-12)8-3-5-9(14)6-4-8/h1-7H. The molecular formula is C12H7BrFN3. The van der Waals surface area contributed by atoms with Gasteiger partial charge in [-0.05, 0) is 45.8 Å². The molecule has 3 aromatic rings. The third-order valence-corrected chi connectivity index (χ3v) is 2.83. The van der Waals surface area contributed by atoms with E-state index in [1.54, 1.807) is 16.6 Å². The van der Waals surface area contributed by atoms with Gasteiger partial charge in [0.25, 0.3) is 0 Å². The molecule has 2 aromatic heterocycles. The maximum absolute atomic E-state index is 12.9. The lowest BCUT2D eigenvalue weighted by Crippen LogP contribution is -1.89. The van der Waals surface area contributed by atoms with E-state index in [9.17, 15) is 4.39 Å². The van der Waals surface area contributed by atoms with Crippen molar-refractivity contribution < 1.29 is 4.39 Å². The van der Waals surface area contributed by atoms with Crippen LogP contribution in [0.1, 0.15) is 0 Å². The van der Waals surface area contributed by atoms with Crippen molar-refractivity contribution in [2.24, 2.45) is 0 Å². The molecule has 1 aromatic carbocycles. The van der Waals surface area contributed by atoms with Crippen molar-refractivity contribution in [1.29, 1.82) is 0 Å².